The highest BCUT2D eigenvalue weighted by molar-refractivity contribution is 5.47. The Kier molecular flexibility index (Phi) is 5.18. The van der Waals surface area contributed by atoms with Crippen LogP contribution in [-0.4, -0.2) is 41.0 Å². The highest BCUT2D eigenvalue weighted by atomic mass is 19.4. The number of anilines is 2. The predicted molar refractivity (Wildman–Crippen MR) is 73.6 cm³/mol. The van der Waals surface area contributed by atoms with Gasteiger partial charge in [0.15, 0.2) is 0 Å². The van der Waals surface area contributed by atoms with E-state index in [1.54, 1.807) is 0 Å². The highest BCUT2D eigenvalue weighted by Crippen LogP contribution is 2.28. The SMILES string of the molecule is NNc1cc(NCCCN2CCCC2)nc(C(F)(F)F)n1. The summed E-state index contributed by atoms with van der Waals surface area (Å²) in [7, 11) is 0. The van der Waals surface area contributed by atoms with E-state index in [4.69, 9.17) is 5.84 Å². The van der Waals surface area contributed by atoms with Crippen LogP contribution in [0.1, 0.15) is 25.1 Å². The summed E-state index contributed by atoms with van der Waals surface area (Å²) in [4.78, 5) is 9.10. The van der Waals surface area contributed by atoms with Crippen molar-refractivity contribution >= 4 is 11.6 Å². The number of rotatable bonds is 6. The molecule has 2 heterocycles. The molecule has 6 nitrogen and oxygen atoms in total. The van der Waals surface area contributed by atoms with E-state index in [9.17, 15) is 13.2 Å². The molecule has 0 amide bonds. The second kappa shape index (κ2) is 6.90. The van der Waals surface area contributed by atoms with Gasteiger partial charge in [0.1, 0.15) is 11.6 Å². The van der Waals surface area contributed by atoms with E-state index in [0.717, 1.165) is 26.1 Å². The van der Waals surface area contributed by atoms with Gasteiger partial charge >= 0.3 is 6.18 Å². The van der Waals surface area contributed by atoms with Crippen molar-refractivity contribution in [3.8, 4) is 0 Å². The Hall–Kier alpha value is -1.61. The Morgan fingerprint density at radius 3 is 2.48 bits per heavy atom. The van der Waals surface area contributed by atoms with Gasteiger partial charge in [-0.05, 0) is 38.9 Å². The first kappa shape index (κ1) is 15.8. The van der Waals surface area contributed by atoms with E-state index >= 15 is 0 Å². The van der Waals surface area contributed by atoms with E-state index in [1.807, 2.05) is 0 Å². The summed E-state index contributed by atoms with van der Waals surface area (Å²) < 4.78 is 37.9. The van der Waals surface area contributed by atoms with E-state index < -0.39 is 12.0 Å². The molecule has 118 valence electrons. The van der Waals surface area contributed by atoms with Crippen LogP contribution in [0, 0.1) is 0 Å². The Balaban J connectivity index is 1.89. The van der Waals surface area contributed by atoms with Gasteiger partial charge in [0.05, 0.1) is 0 Å². The number of hydrazine groups is 1. The van der Waals surface area contributed by atoms with Crippen LogP contribution in [0.2, 0.25) is 0 Å². The van der Waals surface area contributed by atoms with Crippen molar-refractivity contribution < 1.29 is 13.2 Å². The molecule has 0 atom stereocenters. The zero-order valence-electron chi connectivity index (χ0n) is 11.6. The molecule has 0 bridgehead atoms. The lowest BCUT2D eigenvalue weighted by molar-refractivity contribution is -0.144. The minimum absolute atomic E-state index is 0.0700. The van der Waals surface area contributed by atoms with E-state index in [0.29, 0.717) is 6.54 Å². The van der Waals surface area contributed by atoms with E-state index in [-0.39, 0.29) is 11.6 Å². The molecule has 1 aliphatic rings. The molecule has 21 heavy (non-hydrogen) atoms. The highest BCUT2D eigenvalue weighted by Gasteiger charge is 2.35. The van der Waals surface area contributed by atoms with Crippen LogP contribution in [0.4, 0.5) is 24.8 Å². The topological polar surface area (TPSA) is 79.1 Å². The summed E-state index contributed by atoms with van der Waals surface area (Å²) in [6, 6.07) is 1.35. The number of hydrogen-bond acceptors (Lipinski definition) is 6. The molecule has 1 aliphatic heterocycles. The van der Waals surface area contributed by atoms with Gasteiger partial charge in [0.25, 0.3) is 0 Å². The summed E-state index contributed by atoms with van der Waals surface area (Å²) in [5.41, 5.74) is 2.12. The summed E-state index contributed by atoms with van der Waals surface area (Å²) >= 11 is 0. The van der Waals surface area contributed by atoms with Gasteiger partial charge in [-0.25, -0.2) is 15.8 Å². The lowest BCUT2D eigenvalue weighted by Gasteiger charge is -2.15. The normalized spacial score (nSPS) is 16.2. The van der Waals surface area contributed by atoms with Gasteiger partial charge < -0.3 is 15.6 Å². The maximum absolute atomic E-state index is 12.6. The smallest absolute Gasteiger partial charge is 0.370 e. The first-order valence-electron chi connectivity index (χ1n) is 6.88. The molecule has 9 heteroatoms. The third-order valence-electron chi connectivity index (χ3n) is 3.28. The van der Waals surface area contributed by atoms with Gasteiger partial charge in [-0.1, -0.05) is 0 Å². The van der Waals surface area contributed by atoms with Crippen LogP contribution in [0.5, 0.6) is 0 Å². The maximum Gasteiger partial charge on any atom is 0.451 e. The first-order chi connectivity index (χ1) is 9.99. The fraction of sp³-hybridized carbons (Fsp3) is 0.667. The molecule has 1 fully saturated rings. The van der Waals surface area contributed by atoms with Crippen molar-refractivity contribution in [2.45, 2.75) is 25.4 Å². The largest absolute Gasteiger partial charge is 0.451 e. The molecule has 4 N–H and O–H groups in total. The molecule has 1 aromatic heterocycles. The van der Waals surface area contributed by atoms with Crippen molar-refractivity contribution in [1.29, 1.82) is 0 Å². The number of likely N-dealkylation sites (tertiary alicyclic amines) is 1. The zero-order valence-corrected chi connectivity index (χ0v) is 11.6. The summed E-state index contributed by atoms with van der Waals surface area (Å²) in [5, 5.41) is 2.88. The maximum atomic E-state index is 12.6. The van der Waals surface area contributed by atoms with Gasteiger partial charge in [-0.2, -0.15) is 13.2 Å². The number of nitrogen functional groups attached to an aromatic ring is 1. The molecule has 0 unspecified atom stereocenters. The van der Waals surface area contributed by atoms with Crippen LogP contribution in [0.15, 0.2) is 6.07 Å². The molecule has 0 spiro atoms. The number of hydrogen-bond donors (Lipinski definition) is 3. The van der Waals surface area contributed by atoms with Gasteiger partial charge in [-0.3, -0.25) is 0 Å². The van der Waals surface area contributed by atoms with Crippen LogP contribution >= 0.6 is 0 Å². The van der Waals surface area contributed by atoms with Crippen molar-refractivity contribution in [3.63, 3.8) is 0 Å². The fourth-order valence-electron chi connectivity index (χ4n) is 2.26. The first-order valence-corrected chi connectivity index (χ1v) is 6.88. The van der Waals surface area contributed by atoms with Crippen LogP contribution in [0.25, 0.3) is 0 Å². The lowest BCUT2D eigenvalue weighted by Crippen LogP contribution is -2.23. The Morgan fingerprint density at radius 1 is 1.19 bits per heavy atom. The number of nitrogens with two attached hydrogens (primary N) is 1. The average Bonchev–Trinajstić information content (AvgIpc) is 2.95. The molecule has 1 saturated heterocycles. The average molecular weight is 304 g/mol. The van der Waals surface area contributed by atoms with Crippen molar-refractivity contribution in [2.75, 3.05) is 36.9 Å². The fourth-order valence-corrected chi connectivity index (χ4v) is 2.26. The number of aromatic nitrogens is 2. The Labute approximate surface area is 120 Å². The van der Waals surface area contributed by atoms with E-state index in [2.05, 4.69) is 25.6 Å². The molecule has 0 aromatic carbocycles. The molecule has 1 aromatic rings. The summed E-state index contributed by atoms with van der Waals surface area (Å²) in [5.74, 6) is 3.97. The second-order valence-electron chi connectivity index (χ2n) is 4.93. The predicted octanol–water partition coefficient (Wildman–Crippen LogP) is 1.68. The number of nitrogens with one attached hydrogen (secondary N) is 2. The monoisotopic (exact) mass is 304 g/mol. The second-order valence-corrected chi connectivity index (χ2v) is 4.93. The van der Waals surface area contributed by atoms with Gasteiger partial charge in [-0.15, -0.1) is 0 Å². The van der Waals surface area contributed by atoms with Crippen LogP contribution in [0.3, 0.4) is 0 Å². The molecule has 0 aliphatic carbocycles. The molecule has 0 radical (unpaired) electrons. The zero-order chi connectivity index (χ0) is 15.3. The van der Waals surface area contributed by atoms with Crippen molar-refractivity contribution in [2.24, 2.45) is 5.84 Å². The number of nitrogens with zero attached hydrogens (tertiary/aromatic N) is 3. The van der Waals surface area contributed by atoms with E-state index in [1.165, 1.54) is 18.9 Å². The molecule has 0 saturated carbocycles. The van der Waals surface area contributed by atoms with Crippen LogP contribution in [-0.2, 0) is 6.18 Å². The molecular weight excluding hydrogens is 285 g/mol. The van der Waals surface area contributed by atoms with Crippen molar-refractivity contribution in [3.05, 3.63) is 11.9 Å². The molecular formula is C12H19F3N6. The minimum atomic E-state index is -4.60. The molecule has 2 rings (SSSR count). The summed E-state index contributed by atoms with van der Waals surface area (Å²) in [6.07, 6.45) is -1.31. The van der Waals surface area contributed by atoms with Crippen LogP contribution < -0.4 is 16.6 Å². The number of alkyl halides is 3. The summed E-state index contributed by atoms with van der Waals surface area (Å²) in [6.45, 7) is 3.70. The minimum Gasteiger partial charge on any atom is -0.370 e. The Morgan fingerprint density at radius 2 is 1.86 bits per heavy atom. The van der Waals surface area contributed by atoms with Gasteiger partial charge in [0.2, 0.25) is 5.82 Å². The van der Waals surface area contributed by atoms with Crippen molar-refractivity contribution in [1.82, 2.24) is 14.9 Å². The lowest BCUT2D eigenvalue weighted by atomic mass is 10.4. The standard InChI is InChI=1S/C12H19F3N6/c13-12(14,15)11-18-9(8-10(19-11)20-16)17-4-3-7-21-5-1-2-6-21/h8H,1-7,16H2,(H2,17,18,19,20). The Bertz CT molecular complexity index is 459. The quantitative estimate of drug-likeness (QED) is 0.421. The van der Waals surface area contributed by atoms with Gasteiger partial charge in [0, 0.05) is 12.6 Å². The third kappa shape index (κ3) is 4.71. The number of halogens is 3. The third-order valence-corrected chi connectivity index (χ3v) is 3.28.